The van der Waals surface area contributed by atoms with Crippen LogP contribution in [0.15, 0.2) is 4.90 Å². The third-order valence-corrected chi connectivity index (χ3v) is 4.44. The number of hydrogen-bond donors (Lipinski definition) is 2. The Morgan fingerprint density at radius 2 is 2.17 bits per heavy atom. The number of rotatable bonds is 6. The van der Waals surface area contributed by atoms with E-state index in [-0.39, 0.29) is 16.8 Å². The zero-order valence-electron chi connectivity index (χ0n) is 11.1. The highest BCUT2D eigenvalue weighted by molar-refractivity contribution is 7.89. The van der Waals surface area contributed by atoms with Crippen molar-refractivity contribution in [1.29, 1.82) is 0 Å². The Morgan fingerprint density at radius 3 is 2.61 bits per heavy atom. The van der Waals surface area contributed by atoms with Crippen LogP contribution in [0.1, 0.15) is 19.0 Å². The van der Waals surface area contributed by atoms with Crippen LogP contribution in [-0.4, -0.2) is 38.0 Å². The van der Waals surface area contributed by atoms with Crippen molar-refractivity contribution in [3.63, 3.8) is 0 Å². The fourth-order valence-corrected chi connectivity index (χ4v) is 3.23. The van der Waals surface area contributed by atoms with Crippen molar-refractivity contribution in [2.75, 3.05) is 19.5 Å². The van der Waals surface area contributed by atoms with E-state index in [0.29, 0.717) is 18.7 Å². The molecule has 1 rings (SSSR count). The molecule has 0 amide bonds. The third-order valence-electron chi connectivity index (χ3n) is 2.68. The monoisotopic (exact) mass is 276 g/mol. The summed E-state index contributed by atoms with van der Waals surface area (Å²) in [7, 11) is -0.419. The van der Waals surface area contributed by atoms with Crippen LogP contribution >= 0.6 is 0 Å². The van der Waals surface area contributed by atoms with E-state index in [0.717, 1.165) is 0 Å². The first kappa shape index (κ1) is 14.9. The fraction of sp³-hybridized carbons (Fsp3) is 0.700. The van der Waals surface area contributed by atoms with Crippen LogP contribution in [0, 0.1) is 6.92 Å². The van der Waals surface area contributed by atoms with Crippen LogP contribution in [0.3, 0.4) is 0 Å². The van der Waals surface area contributed by atoms with Crippen LogP contribution in [0.2, 0.25) is 0 Å². The van der Waals surface area contributed by atoms with Crippen molar-refractivity contribution >= 4 is 15.8 Å². The number of aryl methyl sites for hydroxylation is 1. The minimum atomic E-state index is -3.64. The number of anilines is 1. The molecule has 3 N–H and O–H groups in total. The van der Waals surface area contributed by atoms with Gasteiger partial charge in [0.15, 0.2) is 5.82 Å². The first-order chi connectivity index (χ1) is 8.29. The zero-order valence-corrected chi connectivity index (χ0v) is 11.9. The second-order valence-corrected chi connectivity index (χ2v) is 5.88. The molecule has 0 aromatic carbocycles. The summed E-state index contributed by atoms with van der Waals surface area (Å²) in [5, 5.41) is 3.90. The standard InChI is InChI=1S/C10H20N4O3S/c1-7(5-6-17-4)13-18(15,16)9-8(2)14(3)12-10(9)11/h7,13H,5-6H2,1-4H3,(H2,11,12). The lowest BCUT2D eigenvalue weighted by Gasteiger charge is -2.13. The quantitative estimate of drug-likeness (QED) is 0.762. The van der Waals surface area contributed by atoms with E-state index in [1.165, 1.54) is 4.68 Å². The van der Waals surface area contributed by atoms with Crippen molar-refractivity contribution in [1.82, 2.24) is 14.5 Å². The van der Waals surface area contributed by atoms with Crippen LogP contribution in [0.25, 0.3) is 0 Å². The average molecular weight is 276 g/mol. The number of aromatic nitrogens is 2. The van der Waals surface area contributed by atoms with Crippen LogP contribution < -0.4 is 10.5 Å². The number of nitrogens with zero attached hydrogens (tertiary/aromatic N) is 2. The molecule has 1 aromatic heterocycles. The average Bonchev–Trinajstić information content (AvgIpc) is 2.49. The molecule has 0 aliphatic heterocycles. The number of sulfonamides is 1. The lowest BCUT2D eigenvalue weighted by atomic mass is 10.3. The Labute approximate surface area is 107 Å². The first-order valence-corrected chi connectivity index (χ1v) is 7.08. The third kappa shape index (κ3) is 3.21. The smallest absolute Gasteiger partial charge is 0.246 e. The van der Waals surface area contributed by atoms with E-state index in [1.54, 1.807) is 28.0 Å². The predicted octanol–water partition coefficient (Wildman–Crippen LogP) is 0.0140. The van der Waals surface area contributed by atoms with Crippen LogP contribution in [-0.2, 0) is 21.8 Å². The number of nitrogens with two attached hydrogens (primary N) is 1. The summed E-state index contributed by atoms with van der Waals surface area (Å²) >= 11 is 0. The molecule has 0 radical (unpaired) electrons. The van der Waals surface area contributed by atoms with Crippen molar-refractivity contribution in [2.24, 2.45) is 7.05 Å². The van der Waals surface area contributed by atoms with E-state index in [2.05, 4.69) is 9.82 Å². The van der Waals surface area contributed by atoms with Gasteiger partial charge in [-0.15, -0.1) is 0 Å². The highest BCUT2D eigenvalue weighted by Gasteiger charge is 2.25. The molecule has 1 unspecified atom stereocenters. The fourth-order valence-electron chi connectivity index (χ4n) is 1.62. The van der Waals surface area contributed by atoms with Gasteiger partial charge in [0.1, 0.15) is 4.90 Å². The molecule has 0 aliphatic rings. The van der Waals surface area contributed by atoms with Crippen molar-refractivity contribution in [2.45, 2.75) is 31.2 Å². The molecule has 104 valence electrons. The van der Waals surface area contributed by atoms with Crippen LogP contribution in [0.5, 0.6) is 0 Å². The molecule has 18 heavy (non-hydrogen) atoms. The van der Waals surface area contributed by atoms with E-state index in [1.807, 2.05) is 0 Å². The molecule has 0 saturated heterocycles. The minimum absolute atomic E-state index is 0.0152. The first-order valence-electron chi connectivity index (χ1n) is 5.60. The summed E-state index contributed by atoms with van der Waals surface area (Å²) in [6.07, 6.45) is 0.592. The van der Waals surface area contributed by atoms with Crippen LogP contribution in [0.4, 0.5) is 5.82 Å². The number of nitrogen functional groups attached to an aromatic ring is 1. The maximum Gasteiger partial charge on any atom is 0.246 e. The molecule has 1 heterocycles. The van der Waals surface area contributed by atoms with E-state index < -0.39 is 10.0 Å². The summed E-state index contributed by atoms with van der Waals surface area (Å²) in [5.41, 5.74) is 6.14. The molecule has 0 bridgehead atoms. The van der Waals surface area contributed by atoms with Gasteiger partial charge in [0.25, 0.3) is 0 Å². The van der Waals surface area contributed by atoms with Gasteiger partial charge >= 0.3 is 0 Å². The Morgan fingerprint density at radius 1 is 1.56 bits per heavy atom. The van der Waals surface area contributed by atoms with E-state index in [9.17, 15) is 8.42 Å². The molecule has 8 heteroatoms. The van der Waals surface area contributed by atoms with E-state index >= 15 is 0 Å². The molecule has 7 nitrogen and oxygen atoms in total. The van der Waals surface area contributed by atoms with Gasteiger partial charge in [0.2, 0.25) is 10.0 Å². The summed E-state index contributed by atoms with van der Waals surface area (Å²) < 4.78 is 33.3. The van der Waals surface area contributed by atoms with Gasteiger partial charge in [-0.3, -0.25) is 4.68 Å². The summed E-state index contributed by atoms with van der Waals surface area (Å²) in [6, 6.07) is -0.228. The predicted molar refractivity (Wildman–Crippen MR) is 68.6 cm³/mol. The minimum Gasteiger partial charge on any atom is -0.385 e. The van der Waals surface area contributed by atoms with Gasteiger partial charge in [-0.2, -0.15) is 5.10 Å². The topological polar surface area (TPSA) is 99.2 Å². The zero-order chi connectivity index (χ0) is 13.9. The normalized spacial score (nSPS) is 13.8. The highest BCUT2D eigenvalue weighted by Crippen LogP contribution is 2.21. The Bertz CT molecular complexity index is 509. The van der Waals surface area contributed by atoms with E-state index in [4.69, 9.17) is 10.5 Å². The molecular weight excluding hydrogens is 256 g/mol. The summed E-state index contributed by atoms with van der Waals surface area (Å²) in [4.78, 5) is 0.0502. The van der Waals surface area contributed by atoms with Gasteiger partial charge in [0.05, 0.1) is 5.69 Å². The van der Waals surface area contributed by atoms with Gasteiger partial charge in [0, 0.05) is 26.8 Å². The molecule has 1 atom stereocenters. The molecular formula is C10H20N4O3S. The molecule has 0 spiro atoms. The molecule has 0 aliphatic carbocycles. The maximum absolute atomic E-state index is 12.2. The Hall–Kier alpha value is -1.12. The maximum atomic E-state index is 12.2. The van der Waals surface area contributed by atoms with Crippen molar-refractivity contribution in [3.8, 4) is 0 Å². The van der Waals surface area contributed by atoms with Gasteiger partial charge < -0.3 is 10.5 Å². The highest BCUT2D eigenvalue weighted by atomic mass is 32.2. The van der Waals surface area contributed by atoms with Gasteiger partial charge in [-0.05, 0) is 20.3 Å². The second-order valence-electron chi connectivity index (χ2n) is 4.23. The second kappa shape index (κ2) is 5.68. The summed E-state index contributed by atoms with van der Waals surface area (Å²) in [5.74, 6) is 0.0152. The summed E-state index contributed by atoms with van der Waals surface area (Å²) in [6.45, 7) is 3.93. The molecule has 0 fully saturated rings. The van der Waals surface area contributed by atoms with Crippen molar-refractivity contribution in [3.05, 3.63) is 5.69 Å². The lowest BCUT2D eigenvalue weighted by molar-refractivity contribution is 0.188. The number of methoxy groups -OCH3 is 1. The lowest BCUT2D eigenvalue weighted by Crippen LogP contribution is -2.34. The van der Waals surface area contributed by atoms with Crippen molar-refractivity contribution < 1.29 is 13.2 Å². The number of nitrogens with one attached hydrogen (secondary N) is 1. The number of hydrogen-bond acceptors (Lipinski definition) is 5. The Balaban J connectivity index is 2.93. The van der Waals surface area contributed by atoms with Gasteiger partial charge in [-0.1, -0.05) is 0 Å². The molecule has 0 saturated carbocycles. The Kier molecular flexibility index (Phi) is 4.71. The largest absolute Gasteiger partial charge is 0.385 e. The number of ether oxygens (including phenoxy) is 1. The van der Waals surface area contributed by atoms with Gasteiger partial charge in [-0.25, -0.2) is 13.1 Å². The SMILES string of the molecule is COCCC(C)NS(=O)(=O)c1c(N)nn(C)c1C. The molecule has 1 aromatic rings.